The number of ether oxygens (including phenoxy) is 1. The molecule has 0 radical (unpaired) electrons. The fourth-order valence-corrected chi connectivity index (χ4v) is 2.03. The Kier molecular flexibility index (Phi) is 3.95. The van der Waals surface area contributed by atoms with Crippen LogP contribution in [0.3, 0.4) is 0 Å². The van der Waals surface area contributed by atoms with Crippen LogP contribution in [0.15, 0.2) is 42.9 Å². The number of aromatic nitrogens is 4. The fourth-order valence-electron chi connectivity index (χ4n) is 2.03. The summed E-state index contributed by atoms with van der Waals surface area (Å²) < 4.78 is 6.68. The molecule has 0 aliphatic carbocycles. The summed E-state index contributed by atoms with van der Waals surface area (Å²) in [6.45, 7) is 2.67. The SMILES string of the molecule is CCOC(=O)c1ccc(NCc2ccnc3ccnn23)nc1. The number of hydrogen-bond acceptors (Lipinski definition) is 6. The minimum atomic E-state index is -0.367. The number of rotatable bonds is 5. The molecule has 112 valence electrons. The summed E-state index contributed by atoms with van der Waals surface area (Å²) in [4.78, 5) is 20.0. The first-order valence-corrected chi connectivity index (χ1v) is 6.92. The largest absolute Gasteiger partial charge is 0.462 e. The molecule has 0 saturated carbocycles. The number of carbonyl (C=O) groups excluding carboxylic acids is 1. The van der Waals surface area contributed by atoms with Crippen LogP contribution in [0.1, 0.15) is 23.0 Å². The van der Waals surface area contributed by atoms with Gasteiger partial charge in [-0.1, -0.05) is 0 Å². The van der Waals surface area contributed by atoms with Crippen molar-refractivity contribution in [1.29, 1.82) is 0 Å². The van der Waals surface area contributed by atoms with Crippen molar-refractivity contribution in [2.75, 3.05) is 11.9 Å². The molecule has 0 aliphatic heterocycles. The summed E-state index contributed by atoms with van der Waals surface area (Å²) >= 11 is 0. The van der Waals surface area contributed by atoms with E-state index in [-0.39, 0.29) is 5.97 Å². The normalized spacial score (nSPS) is 10.6. The first kappa shape index (κ1) is 14.0. The molecular formula is C15H15N5O2. The zero-order chi connectivity index (χ0) is 15.4. The molecule has 3 rings (SSSR count). The van der Waals surface area contributed by atoms with Gasteiger partial charge < -0.3 is 10.1 Å². The summed E-state index contributed by atoms with van der Waals surface area (Å²) in [6, 6.07) is 7.16. The standard InChI is InChI=1S/C15H15N5O2/c1-2-22-15(21)11-3-4-13(17-9-11)18-10-12-5-7-16-14-6-8-19-20(12)14/h3-9H,2,10H2,1H3,(H,17,18). The molecule has 0 bridgehead atoms. The van der Waals surface area contributed by atoms with Crippen LogP contribution in [-0.2, 0) is 11.3 Å². The van der Waals surface area contributed by atoms with Crippen LogP contribution in [0, 0.1) is 0 Å². The average molecular weight is 297 g/mol. The van der Waals surface area contributed by atoms with Gasteiger partial charge in [0.25, 0.3) is 0 Å². The molecule has 3 aromatic rings. The molecular weight excluding hydrogens is 282 g/mol. The van der Waals surface area contributed by atoms with Crippen molar-refractivity contribution in [3.63, 3.8) is 0 Å². The predicted octanol–water partition coefficient (Wildman–Crippen LogP) is 1.91. The molecule has 0 unspecified atom stereocenters. The highest BCUT2D eigenvalue weighted by Crippen LogP contribution is 2.09. The van der Waals surface area contributed by atoms with Gasteiger partial charge in [0.05, 0.1) is 30.6 Å². The highest BCUT2D eigenvalue weighted by atomic mass is 16.5. The number of fused-ring (bicyclic) bond motifs is 1. The van der Waals surface area contributed by atoms with E-state index in [1.165, 1.54) is 6.20 Å². The monoisotopic (exact) mass is 297 g/mol. The number of nitrogens with zero attached hydrogens (tertiary/aromatic N) is 4. The topological polar surface area (TPSA) is 81.4 Å². The van der Waals surface area contributed by atoms with Crippen LogP contribution in [-0.4, -0.2) is 32.2 Å². The highest BCUT2D eigenvalue weighted by Gasteiger charge is 2.07. The lowest BCUT2D eigenvalue weighted by Crippen LogP contribution is -2.09. The van der Waals surface area contributed by atoms with Crippen LogP contribution < -0.4 is 5.32 Å². The Balaban J connectivity index is 1.69. The minimum absolute atomic E-state index is 0.348. The van der Waals surface area contributed by atoms with E-state index >= 15 is 0 Å². The van der Waals surface area contributed by atoms with Crippen LogP contribution in [0.4, 0.5) is 5.82 Å². The van der Waals surface area contributed by atoms with Crippen molar-refractivity contribution < 1.29 is 9.53 Å². The summed E-state index contributed by atoms with van der Waals surface area (Å²) in [5, 5.41) is 7.41. The number of esters is 1. The van der Waals surface area contributed by atoms with Gasteiger partial charge >= 0.3 is 5.97 Å². The van der Waals surface area contributed by atoms with Gasteiger partial charge in [-0.05, 0) is 25.1 Å². The van der Waals surface area contributed by atoms with Gasteiger partial charge in [0, 0.05) is 18.5 Å². The van der Waals surface area contributed by atoms with Gasteiger partial charge in [-0.25, -0.2) is 19.3 Å². The molecule has 0 amide bonds. The maximum Gasteiger partial charge on any atom is 0.339 e. The third-order valence-electron chi connectivity index (χ3n) is 3.09. The van der Waals surface area contributed by atoms with Crippen molar-refractivity contribution in [2.24, 2.45) is 0 Å². The smallest absolute Gasteiger partial charge is 0.339 e. The second kappa shape index (κ2) is 6.21. The summed E-state index contributed by atoms with van der Waals surface area (Å²) in [7, 11) is 0. The maximum absolute atomic E-state index is 11.6. The van der Waals surface area contributed by atoms with Gasteiger partial charge in [-0.15, -0.1) is 0 Å². The maximum atomic E-state index is 11.6. The predicted molar refractivity (Wildman–Crippen MR) is 80.5 cm³/mol. The van der Waals surface area contributed by atoms with E-state index in [2.05, 4.69) is 20.4 Å². The summed E-state index contributed by atoms with van der Waals surface area (Å²) in [5.74, 6) is 0.305. The fraction of sp³-hybridized carbons (Fsp3) is 0.200. The molecule has 0 atom stereocenters. The van der Waals surface area contributed by atoms with Crippen LogP contribution in [0.2, 0.25) is 0 Å². The first-order chi connectivity index (χ1) is 10.8. The van der Waals surface area contributed by atoms with E-state index in [0.29, 0.717) is 24.5 Å². The molecule has 0 fully saturated rings. The Labute approximate surface area is 127 Å². The molecule has 22 heavy (non-hydrogen) atoms. The van der Waals surface area contributed by atoms with E-state index in [9.17, 15) is 4.79 Å². The number of nitrogens with one attached hydrogen (secondary N) is 1. The lowest BCUT2D eigenvalue weighted by Gasteiger charge is -2.08. The Morgan fingerprint density at radius 2 is 2.14 bits per heavy atom. The first-order valence-electron chi connectivity index (χ1n) is 6.92. The van der Waals surface area contributed by atoms with Crippen LogP contribution in [0.5, 0.6) is 0 Å². The van der Waals surface area contributed by atoms with E-state index in [0.717, 1.165) is 11.3 Å². The van der Waals surface area contributed by atoms with Gasteiger partial charge in [0.15, 0.2) is 5.65 Å². The summed E-state index contributed by atoms with van der Waals surface area (Å²) in [5.41, 5.74) is 2.20. The molecule has 0 spiro atoms. The second-order valence-corrected chi connectivity index (χ2v) is 4.54. The molecule has 7 nitrogen and oxygen atoms in total. The number of carbonyl (C=O) groups is 1. The van der Waals surface area contributed by atoms with Crippen molar-refractivity contribution in [3.8, 4) is 0 Å². The molecule has 0 aromatic carbocycles. The zero-order valence-electron chi connectivity index (χ0n) is 12.1. The lowest BCUT2D eigenvalue weighted by atomic mass is 10.3. The number of hydrogen-bond donors (Lipinski definition) is 1. The van der Waals surface area contributed by atoms with Crippen molar-refractivity contribution in [1.82, 2.24) is 19.6 Å². The lowest BCUT2D eigenvalue weighted by molar-refractivity contribution is 0.0526. The Hall–Kier alpha value is -2.96. The molecule has 1 N–H and O–H groups in total. The van der Waals surface area contributed by atoms with Gasteiger partial charge in [0.2, 0.25) is 0 Å². The van der Waals surface area contributed by atoms with E-state index in [1.54, 1.807) is 36.0 Å². The third-order valence-corrected chi connectivity index (χ3v) is 3.09. The molecule has 3 aromatic heterocycles. The molecule has 0 saturated heterocycles. The Bertz CT molecular complexity index is 782. The third kappa shape index (κ3) is 2.88. The highest BCUT2D eigenvalue weighted by molar-refractivity contribution is 5.89. The summed E-state index contributed by atoms with van der Waals surface area (Å²) in [6.07, 6.45) is 4.94. The molecule has 0 aliphatic rings. The molecule has 3 heterocycles. The number of anilines is 1. The van der Waals surface area contributed by atoms with E-state index < -0.39 is 0 Å². The molecule has 7 heteroatoms. The van der Waals surface area contributed by atoms with Crippen LogP contribution >= 0.6 is 0 Å². The quantitative estimate of drug-likeness (QED) is 0.724. The van der Waals surface area contributed by atoms with Crippen LogP contribution in [0.25, 0.3) is 5.65 Å². The zero-order valence-corrected chi connectivity index (χ0v) is 12.1. The van der Waals surface area contributed by atoms with E-state index in [4.69, 9.17) is 4.74 Å². The van der Waals surface area contributed by atoms with E-state index in [1.807, 2.05) is 12.1 Å². The average Bonchev–Trinajstić information content (AvgIpc) is 3.03. The Morgan fingerprint density at radius 3 is 2.91 bits per heavy atom. The van der Waals surface area contributed by atoms with Crippen molar-refractivity contribution >= 4 is 17.4 Å². The number of pyridine rings is 1. The van der Waals surface area contributed by atoms with Gasteiger partial charge in [-0.2, -0.15) is 5.10 Å². The van der Waals surface area contributed by atoms with Crippen molar-refractivity contribution in [2.45, 2.75) is 13.5 Å². The minimum Gasteiger partial charge on any atom is -0.462 e. The van der Waals surface area contributed by atoms with Gasteiger partial charge in [0.1, 0.15) is 5.82 Å². The van der Waals surface area contributed by atoms with Crippen molar-refractivity contribution in [3.05, 3.63) is 54.1 Å². The Morgan fingerprint density at radius 1 is 1.23 bits per heavy atom. The second-order valence-electron chi connectivity index (χ2n) is 4.54. The van der Waals surface area contributed by atoms with Gasteiger partial charge in [-0.3, -0.25) is 0 Å².